The molecular weight excluding hydrogens is 216 g/mol. The Kier molecular flexibility index (Phi) is 4.79. The Bertz CT molecular complexity index is 278. The number of aromatic nitrogens is 1. The molecule has 0 radical (unpaired) electrons. The third kappa shape index (κ3) is 3.87. The van der Waals surface area contributed by atoms with Crippen LogP contribution in [0.15, 0.2) is 11.7 Å². The predicted molar refractivity (Wildman–Crippen MR) is 69.6 cm³/mol. The van der Waals surface area contributed by atoms with Gasteiger partial charge in [0.15, 0.2) is 0 Å². The van der Waals surface area contributed by atoms with E-state index in [2.05, 4.69) is 17.2 Å². The van der Waals surface area contributed by atoms with Gasteiger partial charge in [0.25, 0.3) is 0 Å². The maximum Gasteiger partial charge on any atom is 0.0794 e. The van der Waals surface area contributed by atoms with Crippen LogP contribution in [0.25, 0.3) is 0 Å². The molecule has 0 spiro atoms. The number of nitrogens with one attached hydrogen (secondary N) is 1. The van der Waals surface area contributed by atoms with E-state index < -0.39 is 0 Å². The zero-order valence-electron chi connectivity index (χ0n) is 10.1. The molecule has 1 N–H and O–H groups in total. The molecule has 2 nitrogen and oxygen atoms in total. The molecule has 1 aromatic rings. The summed E-state index contributed by atoms with van der Waals surface area (Å²) in [6, 6.07) is 0.641. The van der Waals surface area contributed by atoms with Crippen molar-refractivity contribution >= 4 is 11.3 Å². The number of hydrogen-bond acceptors (Lipinski definition) is 3. The number of thiazole rings is 1. The molecule has 0 amide bonds. The van der Waals surface area contributed by atoms with Crippen molar-refractivity contribution in [2.24, 2.45) is 5.92 Å². The normalized spacial score (nSPS) is 19.1. The Labute approximate surface area is 102 Å². The summed E-state index contributed by atoms with van der Waals surface area (Å²) in [5.41, 5.74) is 1.90. The smallest absolute Gasteiger partial charge is 0.0794 e. The summed E-state index contributed by atoms with van der Waals surface area (Å²) in [4.78, 5) is 5.43. The van der Waals surface area contributed by atoms with Gasteiger partial charge in [-0.25, -0.2) is 0 Å². The van der Waals surface area contributed by atoms with Crippen molar-refractivity contribution in [3.63, 3.8) is 0 Å². The van der Waals surface area contributed by atoms with Crippen LogP contribution in [0.5, 0.6) is 0 Å². The SMILES string of the molecule is CC(CCC1CCCC1)NCc1cncs1. The fourth-order valence-corrected chi connectivity index (χ4v) is 3.04. The highest BCUT2D eigenvalue weighted by Gasteiger charge is 2.15. The highest BCUT2D eigenvalue weighted by Crippen LogP contribution is 2.28. The van der Waals surface area contributed by atoms with Gasteiger partial charge in [0.1, 0.15) is 0 Å². The first-order valence-electron chi connectivity index (χ1n) is 6.45. The van der Waals surface area contributed by atoms with Crippen LogP contribution in [-0.2, 0) is 6.54 Å². The van der Waals surface area contributed by atoms with Crippen LogP contribution >= 0.6 is 11.3 Å². The summed E-state index contributed by atoms with van der Waals surface area (Å²) in [7, 11) is 0. The van der Waals surface area contributed by atoms with Crippen molar-refractivity contribution in [1.29, 1.82) is 0 Å². The number of rotatable bonds is 6. The standard InChI is InChI=1S/C13H22N2S/c1-11(6-7-12-4-2-3-5-12)15-9-13-8-14-10-16-13/h8,10-12,15H,2-7,9H2,1H3. The van der Waals surface area contributed by atoms with E-state index in [1.165, 1.54) is 43.4 Å². The minimum absolute atomic E-state index is 0.641. The van der Waals surface area contributed by atoms with Crippen molar-refractivity contribution in [2.75, 3.05) is 0 Å². The highest BCUT2D eigenvalue weighted by molar-refractivity contribution is 7.09. The van der Waals surface area contributed by atoms with E-state index in [0.717, 1.165) is 12.5 Å². The van der Waals surface area contributed by atoms with E-state index in [4.69, 9.17) is 0 Å². The van der Waals surface area contributed by atoms with E-state index >= 15 is 0 Å². The summed E-state index contributed by atoms with van der Waals surface area (Å²) in [6.45, 7) is 3.28. The van der Waals surface area contributed by atoms with Gasteiger partial charge in [0.05, 0.1) is 5.51 Å². The van der Waals surface area contributed by atoms with Crippen molar-refractivity contribution in [2.45, 2.75) is 58.0 Å². The second-order valence-corrected chi connectivity index (χ2v) is 5.95. The Morgan fingerprint density at radius 2 is 2.31 bits per heavy atom. The average molecular weight is 238 g/mol. The van der Waals surface area contributed by atoms with Gasteiger partial charge < -0.3 is 5.32 Å². The molecule has 1 saturated carbocycles. The lowest BCUT2D eigenvalue weighted by Gasteiger charge is -2.15. The van der Waals surface area contributed by atoms with Crippen molar-refractivity contribution < 1.29 is 0 Å². The van der Waals surface area contributed by atoms with Gasteiger partial charge in [-0.1, -0.05) is 25.7 Å². The Balaban J connectivity index is 1.58. The van der Waals surface area contributed by atoms with Crippen LogP contribution in [0.2, 0.25) is 0 Å². The second kappa shape index (κ2) is 6.36. The molecule has 0 aliphatic heterocycles. The first-order valence-corrected chi connectivity index (χ1v) is 7.33. The quantitative estimate of drug-likeness (QED) is 0.819. The van der Waals surface area contributed by atoms with Crippen molar-refractivity contribution in [3.05, 3.63) is 16.6 Å². The number of hydrogen-bond donors (Lipinski definition) is 1. The molecule has 2 rings (SSSR count). The Hall–Kier alpha value is -0.410. The van der Waals surface area contributed by atoms with Crippen LogP contribution in [0.4, 0.5) is 0 Å². The zero-order valence-corrected chi connectivity index (χ0v) is 10.9. The summed E-state index contributed by atoms with van der Waals surface area (Å²) in [5.74, 6) is 1.02. The number of nitrogens with zero attached hydrogens (tertiary/aromatic N) is 1. The van der Waals surface area contributed by atoms with E-state index in [1.54, 1.807) is 11.3 Å². The molecule has 0 saturated heterocycles. The van der Waals surface area contributed by atoms with Crippen LogP contribution < -0.4 is 5.32 Å². The van der Waals surface area contributed by atoms with Gasteiger partial charge in [-0.2, -0.15) is 0 Å². The van der Waals surface area contributed by atoms with Crippen molar-refractivity contribution in [3.8, 4) is 0 Å². The Morgan fingerprint density at radius 1 is 1.50 bits per heavy atom. The van der Waals surface area contributed by atoms with Crippen LogP contribution in [0, 0.1) is 5.92 Å². The topological polar surface area (TPSA) is 24.9 Å². The molecule has 90 valence electrons. The summed E-state index contributed by atoms with van der Waals surface area (Å²) in [5, 5.41) is 3.58. The molecule has 1 fully saturated rings. The molecule has 0 bridgehead atoms. The zero-order chi connectivity index (χ0) is 11.2. The minimum atomic E-state index is 0.641. The highest BCUT2D eigenvalue weighted by atomic mass is 32.1. The summed E-state index contributed by atoms with van der Waals surface area (Å²) >= 11 is 1.73. The van der Waals surface area contributed by atoms with Crippen molar-refractivity contribution in [1.82, 2.24) is 10.3 Å². The average Bonchev–Trinajstić information content (AvgIpc) is 2.96. The van der Waals surface area contributed by atoms with Gasteiger partial charge in [0.2, 0.25) is 0 Å². The van der Waals surface area contributed by atoms with Crippen LogP contribution in [0.1, 0.15) is 50.3 Å². The molecule has 1 atom stereocenters. The van der Waals surface area contributed by atoms with E-state index in [-0.39, 0.29) is 0 Å². The third-order valence-corrected chi connectivity index (χ3v) is 4.37. The summed E-state index contributed by atoms with van der Waals surface area (Å²) in [6.07, 6.45) is 10.6. The lowest BCUT2D eigenvalue weighted by molar-refractivity contribution is 0.420. The molecule has 16 heavy (non-hydrogen) atoms. The lowest BCUT2D eigenvalue weighted by Crippen LogP contribution is -2.25. The largest absolute Gasteiger partial charge is 0.309 e. The maximum atomic E-state index is 4.09. The van der Waals surface area contributed by atoms with E-state index in [1.807, 2.05) is 11.7 Å². The lowest BCUT2D eigenvalue weighted by atomic mass is 9.99. The van der Waals surface area contributed by atoms with E-state index in [0.29, 0.717) is 6.04 Å². The minimum Gasteiger partial charge on any atom is -0.309 e. The molecule has 0 aromatic carbocycles. The molecule has 1 heterocycles. The summed E-state index contributed by atoms with van der Waals surface area (Å²) < 4.78 is 0. The Morgan fingerprint density at radius 3 is 3.00 bits per heavy atom. The molecule has 1 aliphatic rings. The van der Waals surface area contributed by atoms with Gasteiger partial charge in [-0.3, -0.25) is 4.98 Å². The van der Waals surface area contributed by atoms with Crippen LogP contribution in [0.3, 0.4) is 0 Å². The second-order valence-electron chi connectivity index (χ2n) is 4.98. The van der Waals surface area contributed by atoms with Gasteiger partial charge in [-0.05, 0) is 25.7 Å². The molecule has 3 heteroatoms. The molecule has 1 unspecified atom stereocenters. The fraction of sp³-hybridized carbons (Fsp3) is 0.769. The van der Waals surface area contributed by atoms with Gasteiger partial charge in [0, 0.05) is 23.7 Å². The molecule has 1 aromatic heterocycles. The molecule has 1 aliphatic carbocycles. The van der Waals surface area contributed by atoms with E-state index in [9.17, 15) is 0 Å². The first-order chi connectivity index (χ1) is 7.84. The fourth-order valence-electron chi connectivity index (χ4n) is 2.49. The monoisotopic (exact) mass is 238 g/mol. The predicted octanol–water partition coefficient (Wildman–Crippen LogP) is 3.59. The maximum absolute atomic E-state index is 4.09. The van der Waals surface area contributed by atoms with Gasteiger partial charge >= 0.3 is 0 Å². The molecular formula is C13H22N2S. The van der Waals surface area contributed by atoms with Gasteiger partial charge in [-0.15, -0.1) is 11.3 Å². The third-order valence-electron chi connectivity index (χ3n) is 3.59. The van der Waals surface area contributed by atoms with Crippen LogP contribution in [-0.4, -0.2) is 11.0 Å². The first kappa shape index (κ1) is 12.1.